The summed E-state index contributed by atoms with van der Waals surface area (Å²) >= 11 is 0. The Bertz CT molecular complexity index is 1410. The summed E-state index contributed by atoms with van der Waals surface area (Å²) in [6, 6.07) is 16.4. The van der Waals surface area contributed by atoms with Crippen LogP contribution in [0.15, 0.2) is 84.3 Å². The molecular weight excluding hydrogens is 368 g/mol. The van der Waals surface area contributed by atoms with Crippen LogP contribution in [0.4, 0.5) is 5.69 Å². The number of hydrogen-bond acceptors (Lipinski definition) is 4. The minimum absolute atomic E-state index is 0.205. The number of anilines is 1. The number of rotatable bonds is 4. The van der Waals surface area contributed by atoms with Crippen LogP contribution in [0, 0.1) is 0 Å². The predicted octanol–water partition coefficient (Wildman–Crippen LogP) is 2.44. The molecule has 0 aliphatic rings. The molecule has 0 saturated carbocycles. The molecule has 0 spiro atoms. The first-order valence-corrected chi connectivity index (χ1v) is 9.04. The SMILES string of the molecule is O=C(Nc1cccc(Cn2nc3ccccn3c2=O)c1)c1ccc2cncn2c1. The second kappa shape index (κ2) is 6.75. The van der Waals surface area contributed by atoms with Gasteiger partial charge in [-0.25, -0.2) is 14.5 Å². The molecule has 0 bridgehead atoms. The van der Waals surface area contributed by atoms with Gasteiger partial charge in [0.05, 0.1) is 30.1 Å². The van der Waals surface area contributed by atoms with Crippen molar-refractivity contribution < 1.29 is 4.79 Å². The van der Waals surface area contributed by atoms with Gasteiger partial charge in [-0.1, -0.05) is 18.2 Å². The molecule has 4 heterocycles. The first kappa shape index (κ1) is 16.9. The van der Waals surface area contributed by atoms with Gasteiger partial charge in [-0.05, 0) is 42.0 Å². The highest BCUT2D eigenvalue weighted by molar-refractivity contribution is 6.04. The number of nitrogens with zero attached hydrogens (tertiary/aromatic N) is 5. The number of hydrogen-bond donors (Lipinski definition) is 1. The minimum Gasteiger partial charge on any atom is -0.322 e. The number of imidazole rings is 1. The summed E-state index contributed by atoms with van der Waals surface area (Å²) in [4.78, 5) is 29.1. The number of carbonyl (C=O) groups is 1. The molecule has 1 N–H and O–H groups in total. The molecule has 5 aromatic rings. The summed E-state index contributed by atoms with van der Waals surface area (Å²) in [6.45, 7) is 0.311. The van der Waals surface area contributed by atoms with E-state index in [0.29, 0.717) is 23.4 Å². The van der Waals surface area contributed by atoms with Gasteiger partial charge < -0.3 is 9.72 Å². The number of fused-ring (bicyclic) bond motifs is 2. The van der Waals surface area contributed by atoms with Crippen molar-refractivity contribution in [1.29, 1.82) is 0 Å². The highest BCUT2D eigenvalue weighted by atomic mass is 16.2. The quantitative estimate of drug-likeness (QED) is 0.516. The van der Waals surface area contributed by atoms with Crippen molar-refractivity contribution in [3.8, 4) is 0 Å². The van der Waals surface area contributed by atoms with Crippen LogP contribution >= 0.6 is 0 Å². The van der Waals surface area contributed by atoms with Crippen LogP contribution in [0.2, 0.25) is 0 Å². The lowest BCUT2D eigenvalue weighted by Crippen LogP contribution is -2.21. The smallest absolute Gasteiger partial charge is 0.322 e. The van der Waals surface area contributed by atoms with Crippen LogP contribution in [-0.4, -0.2) is 29.5 Å². The molecule has 0 saturated heterocycles. The second-order valence-electron chi connectivity index (χ2n) is 6.67. The van der Waals surface area contributed by atoms with Gasteiger partial charge in [0, 0.05) is 18.1 Å². The molecule has 29 heavy (non-hydrogen) atoms. The van der Waals surface area contributed by atoms with Gasteiger partial charge >= 0.3 is 5.69 Å². The molecule has 1 amide bonds. The van der Waals surface area contributed by atoms with Gasteiger partial charge in [-0.3, -0.25) is 9.20 Å². The summed E-state index contributed by atoms with van der Waals surface area (Å²) in [5.74, 6) is -0.220. The maximum absolute atomic E-state index is 12.6. The van der Waals surface area contributed by atoms with Gasteiger partial charge in [0.25, 0.3) is 5.91 Å². The number of carbonyl (C=O) groups excluding carboxylic acids is 1. The first-order valence-electron chi connectivity index (χ1n) is 9.04. The van der Waals surface area contributed by atoms with Crippen LogP contribution in [0.3, 0.4) is 0 Å². The van der Waals surface area contributed by atoms with Gasteiger partial charge in [0.1, 0.15) is 0 Å². The maximum atomic E-state index is 12.6. The van der Waals surface area contributed by atoms with Crippen molar-refractivity contribution in [3.63, 3.8) is 0 Å². The molecule has 1 aromatic carbocycles. The Morgan fingerprint density at radius 3 is 2.90 bits per heavy atom. The summed E-state index contributed by atoms with van der Waals surface area (Å²) in [5.41, 5.74) is 3.34. The van der Waals surface area contributed by atoms with Gasteiger partial charge in [-0.2, -0.15) is 0 Å². The van der Waals surface area contributed by atoms with E-state index in [-0.39, 0.29) is 11.6 Å². The second-order valence-corrected chi connectivity index (χ2v) is 6.67. The van der Waals surface area contributed by atoms with Gasteiger partial charge in [0.2, 0.25) is 0 Å². The Labute approximate surface area is 164 Å². The largest absolute Gasteiger partial charge is 0.350 e. The summed E-state index contributed by atoms with van der Waals surface area (Å²) in [5, 5.41) is 7.24. The van der Waals surface area contributed by atoms with Crippen LogP contribution in [0.25, 0.3) is 11.2 Å². The lowest BCUT2D eigenvalue weighted by molar-refractivity contribution is 0.102. The first-order chi connectivity index (χ1) is 14.2. The van der Waals surface area contributed by atoms with Crippen molar-refractivity contribution in [2.45, 2.75) is 6.54 Å². The zero-order valence-electron chi connectivity index (χ0n) is 15.3. The molecule has 0 atom stereocenters. The third kappa shape index (κ3) is 3.16. The van der Waals surface area contributed by atoms with E-state index in [2.05, 4.69) is 15.4 Å². The molecule has 0 aliphatic carbocycles. The molecule has 0 radical (unpaired) electrons. The molecule has 142 valence electrons. The standard InChI is InChI=1S/C21H16N6O2/c28-20(16-7-8-18-11-22-14-25(18)13-16)23-17-5-3-4-15(10-17)12-27-21(29)26-9-2-1-6-19(26)24-27/h1-11,13-14H,12H2,(H,23,28). The van der Waals surface area contributed by atoms with E-state index in [1.807, 2.05) is 36.4 Å². The molecule has 0 fully saturated rings. The van der Waals surface area contributed by atoms with Gasteiger partial charge in [-0.15, -0.1) is 5.10 Å². The van der Waals surface area contributed by atoms with Crippen LogP contribution < -0.4 is 11.0 Å². The molecule has 0 aliphatic heterocycles. The molecule has 8 heteroatoms. The average Bonchev–Trinajstić information content (AvgIpc) is 3.33. The number of benzene rings is 1. The van der Waals surface area contributed by atoms with E-state index >= 15 is 0 Å². The Morgan fingerprint density at radius 1 is 1.07 bits per heavy atom. The maximum Gasteiger partial charge on any atom is 0.350 e. The van der Waals surface area contributed by atoms with Crippen molar-refractivity contribution in [2.75, 3.05) is 5.32 Å². The van der Waals surface area contributed by atoms with Crippen LogP contribution in [0.5, 0.6) is 0 Å². The third-order valence-electron chi connectivity index (χ3n) is 4.68. The summed E-state index contributed by atoms with van der Waals surface area (Å²) in [7, 11) is 0. The average molecular weight is 384 g/mol. The van der Waals surface area contributed by atoms with E-state index in [9.17, 15) is 9.59 Å². The fraction of sp³-hybridized carbons (Fsp3) is 0.0476. The topological polar surface area (TPSA) is 85.7 Å². The lowest BCUT2D eigenvalue weighted by Gasteiger charge is -2.08. The zero-order valence-corrected chi connectivity index (χ0v) is 15.3. The molecule has 5 rings (SSSR count). The van der Waals surface area contributed by atoms with Crippen molar-refractivity contribution in [2.24, 2.45) is 0 Å². The highest BCUT2D eigenvalue weighted by Crippen LogP contribution is 2.14. The zero-order chi connectivity index (χ0) is 19.8. The van der Waals surface area contributed by atoms with Crippen molar-refractivity contribution >= 4 is 22.8 Å². The minimum atomic E-state index is -0.220. The number of pyridine rings is 2. The van der Waals surface area contributed by atoms with Gasteiger partial charge in [0.15, 0.2) is 5.65 Å². The summed E-state index contributed by atoms with van der Waals surface area (Å²) < 4.78 is 4.70. The van der Waals surface area contributed by atoms with E-state index in [0.717, 1.165) is 11.1 Å². The fourth-order valence-corrected chi connectivity index (χ4v) is 3.25. The number of aromatic nitrogens is 5. The monoisotopic (exact) mass is 384 g/mol. The molecular formula is C21H16N6O2. The van der Waals surface area contributed by atoms with E-state index in [1.165, 1.54) is 9.08 Å². The Morgan fingerprint density at radius 2 is 2.00 bits per heavy atom. The Hall–Kier alpha value is -4.20. The van der Waals surface area contributed by atoms with E-state index in [4.69, 9.17) is 0 Å². The fourth-order valence-electron chi connectivity index (χ4n) is 3.25. The number of nitrogens with one attached hydrogen (secondary N) is 1. The predicted molar refractivity (Wildman–Crippen MR) is 108 cm³/mol. The highest BCUT2D eigenvalue weighted by Gasteiger charge is 2.10. The molecule has 8 nitrogen and oxygen atoms in total. The number of amides is 1. The normalized spacial score (nSPS) is 11.2. The Kier molecular flexibility index (Phi) is 3.94. The van der Waals surface area contributed by atoms with Crippen LogP contribution in [0.1, 0.15) is 15.9 Å². The summed E-state index contributed by atoms with van der Waals surface area (Å²) in [6.07, 6.45) is 6.80. The van der Waals surface area contributed by atoms with Crippen LogP contribution in [-0.2, 0) is 6.54 Å². The van der Waals surface area contributed by atoms with Crippen molar-refractivity contribution in [1.82, 2.24) is 23.6 Å². The lowest BCUT2D eigenvalue weighted by atomic mass is 10.2. The third-order valence-corrected chi connectivity index (χ3v) is 4.68. The van der Waals surface area contributed by atoms with Crippen molar-refractivity contribution in [3.05, 3.63) is 101 Å². The molecule has 0 unspecified atom stereocenters. The molecule has 4 aromatic heterocycles. The van der Waals surface area contributed by atoms with E-state index < -0.39 is 0 Å². The van der Waals surface area contributed by atoms with E-state index in [1.54, 1.807) is 47.5 Å². The Balaban J connectivity index is 1.38.